The topological polar surface area (TPSA) is 79.6 Å². The summed E-state index contributed by atoms with van der Waals surface area (Å²) in [5.74, 6) is -0.461. The molecule has 6 nitrogen and oxygen atoms in total. The van der Waals surface area contributed by atoms with Crippen molar-refractivity contribution in [3.05, 3.63) is 65.7 Å². The second kappa shape index (κ2) is 9.93. The number of nitrogens with zero attached hydrogens (tertiary/aromatic N) is 2. The molecule has 2 aromatic rings. The minimum absolute atomic E-state index is 0.273. The number of rotatable bonds is 7. The largest absolute Gasteiger partial charge is 0.479 e. The van der Waals surface area contributed by atoms with E-state index in [0.29, 0.717) is 17.9 Å². The lowest BCUT2D eigenvalue weighted by molar-refractivity contribution is -0.166. The molecule has 0 radical (unpaired) electrons. The molecule has 0 fully saturated rings. The van der Waals surface area contributed by atoms with E-state index in [-0.39, 0.29) is 5.91 Å². The quantitative estimate of drug-likeness (QED) is 0.645. The molecule has 0 aliphatic heterocycles. The summed E-state index contributed by atoms with van der Waals surface area (Å²) in [5, 5.41) is 8.84. The number of hydrogen-bond donors (Lipinski definition) is 0. The molecule has 30 heavy (non-hydrogen) atoms. The predicted octanol–water partition coefficient (Wildman–Crippen LogP) is 4.08. The first kappa shape index (κ1) is 23.0. The van der Waals surface area contributed by atoms with Gasteiger partial charge in [-0.3, -0.25) is 4.79 Å². The number of carbonyl (C=O) groups is 2. The smallest absolute Gasteiger partial charge is 0.347 e. The van der Waals surface area contributed by atoms with Crippen LogP contribution >= 0.6 is 0 Å². The highest BCUT2D eigenvalue weighted by Crippen LogP contribution is 2.20. The van der Waals surface area contributed by atoms with E-state index in [1.54, 1.807) is 43.0 Å². The SMILES string of the molecule is C[C@H](Oc1ccc(C#N)cc1)C(=O)O[C@@H](C)C(=O)N(Cc1ccccc1)C(C)(C)C. The van der Waals surface area contributed by atoms with Crippen molar-refractivity contribution in [1.82, 2.24) is 4.90 Å². The third-order valence-electron chi connectivity index (χ3n) is 4.53. The number of hydrogen-bond acceptors (Lipinski definition) is 5. The number of ether oxygens (including phenoxy) is 2. The van der Waals surface area contributed by atoms with Crippen LogP contribution in [-0.2, 0) is 20.9 Å². The summed E-state index contributed by atoms with van der Waals surface area (Å²) < 4.78 is 11.0. The molecule has 1 amide bonds. The van der Waals surface area contributed by atoms with Crippen molar-refractivity contribution in [2.45, 2.75) is 58.9 Å². The van der Waals surface area contributed by atoms with Crippen LogP contribution in [0.3, 0.4) is 0 Å². The molecule has 0 saturated heterocycles. The molecule has 6 heteroatoms. The van der Waals surface area contributed by atoms with Gasteiger partial charge >= 0.3 is 5.97 Å². The second-order valence-corrected chi connectivity index (χ2v) is 8.06. The number of nitriles is 1. The molecule has 0 heterocycles. The number of amides is 1. The number of benzene rings is 2. The lowest BCUT2D eigenvalue weighted by atomic mass is 10.0. The number of esters is 1. The van der Waals surface area contributed by atoms with Gasteiger partial charge in [-0.15, -0.1) is 0 Å². The van der Waals surface area contributed by atoms with E-state index < -0.39 is 23.7 Å². The third-order valence-corrected chi connectivity index (χ3v) is 4.53. The highest BCUT2D eigenvalue weighted by molar-refractivity contribution is 5.85. The van der Waals surface area contributed by atoms with Crippen LogP contribution in [0.4, 0.5) is 0 Å². The van der Waals surface area contributed by atoms with E-state index in [4.69, 9.17) is 14.7 Å². The Balaban J connectivity index is 2.02. The fraction of sp³-hybridized carbons (Fsp3) is 0.375. The minimum Gasteiger partial charge on any atom is -0.479 e. The molecule has 2 atom stereocenters. The van der Waals surface area contributed by atoms with Gasteiger partial charge in [0.25, 0.3) is 5.91 Å². The summed E-state index contributed by atoms with van der Waals surface area (Å²) in [6.45, 7) is 9.38. The van der Waals surface area contributed by atoms with Gasteiger partial charge in [0.2, 0.25) is 0 Å². The van der Waals surface area contributed by atoms with Crippen molar-refractivity contribution in [2.24, 2.45) is 0 Å². The van der Waals surface area contributed by atoms with Gasteiger partial charge in [0, 0.05) is 12.1 Å². The first-order valence-corrected chi connectivity index (χ1v) is 9.84. The highest BCUT2D eigenvalue weighted by atomic mass is 16.6. The van der Waals surface area contributed by atoms with E-state index in [2.05, 4.69) is 0 Å². The summed E-state index contributed by atoms with van der Waals surface area (Å²) in [6, 6.07) is 18.1. The van der Waals surface area contributed by atoms with Gasteiger partial charge in [-0.25, -0.2) is 4.79 Å². The molecule has 2 aromatic carbocycles. The van der Waals surface area contributed by atoms with Crippen LogP contribution in [0.5, 0.6) is 5.75 Å². The monoisotopic (exact) mass is 408 g/mol. The van der Waals surface area contributed by atoms with Gasteiger partial charge < -0.3 is 14.4 Å². The molecule has 0 aliphatic rings. The van der Waals surface area contributed by atoms with Crippen LogP contribution in [-0.4, -0.2) is 34.5 Å². The van der Waals surface area contributed by atoms with Crippen molar-refractivity contribution in [2.75, 3.05) is 0 Å². The maximum Gasteiger partial charge on any atom is 0.347 e. The highest BCUT2D eigenvalue weighted by Gasteiger charge is 2.32. The third kappa shape index (κ3) is 6.35. The average Bonchev–Trinajstić information content (AvgIpc) is 2.71. The van der Waals surface area contributed by atoms with Gasteiger partial charge in [-0.1, -0.05) is 30.3 Å². The first-order chi connectivity index (χ1) is 14.1. The molecule has 0 aliphatic carbocycles. The summed E-state index contributed by atoms with van der Waals surface area (Å²) in [5.41, 5.74) is 1.05. The van der Waals surface area contributed by atoms with E-state index in [9.17, 15) is 9.59 Å². The van der Waals surface area contributed by atoms with Crippen LogP contribution in [0, 0.1) is 11.3 Å². The van der Waals surface area contributed by atoms with Crippen LogP contribution in [0.1, 0.15) is 45.7 Å². The van der Waals surface area contributed by atoms with Crippen molar-refractivity contribution in [3.63, 3.8) is 0 Å². The Hall–Kier alpha value is -3.33. The molecule has 0 bridgehead atoms. The van der Waals surface area contributed by atoms with Crippen molar-refractivity contribution < 1.29 is 19.1 Å². The molecular weight excluding hydrogens is 380 g/mol. The minimum atomic E-state index is -0.951. The maximum atomic E-state index is 13.1. The first-order valence-electron chi connectivity index (χ1n) is 9.84. The predicted molar refractivity (Wildman–Crippen MR) is 114 cm³/mol. The summed E-state index contributed by atoms with van der Waals surface area (Å²) in [7, 11) is 0. The Kier molecular flexibility index (Phi) is 7.60. The van der Waals surface area contributed by atoms with E-state index >= 15 is 0 Å². The van der Waals surface area contributed by atoms with E-state index in [0.717, 1.165) is 5.56 Å². The molecule has 0 unspecified atom stereocenters. The summed E-state index contributed by atoms with van der Waals surface area (Å²) in [6.07, 6.45) is -1.85. The second-order valence-electron chi connectivity index (χ2n) is 8.06. The maximum absolute atomic E-state index is 13.1. The Morgan fingerprint density at radius 3 is 2.13 bits per heavy atom. The summed E-state index contributed by atoms with van der Waals surface area (Å²) >= 11 is 0. The van der Waals surface area contributed by atoms with Crippen LogP contribution < -0.4 is 4.74 Å². The van der Waals surface area contributed by atoms with Gasteiger partial charge in [0.1, 0.15) is 5.75 Å². The fourth-order valence-corrected chi connectivity index (χ4v) is 2.81. The molecule has 0 spiro atoms. The van der Waals surface area contributed by atoms with Crippen LogP contribution in [0.2, 0.25) is 0 Å². The fourth-order valence-electron chi connectivity index (χ4n) is 2.81. The standard InChI is InChI=1S/C24H28N2O4/c1-17(22(27)26(24(3,4)5)16-20-9-7-6-8-10-20)30-23(28)18(2)29-21-13-11-19(15-25)12-14-21/h6-14,17-18H,16H2,1-5H3/t17-,18-/m0/s1. The molecule has 158 valence electrons. The van der Waals surface area contributed by atoms with Crippen LogP contribution in [0.15, 0.2) is 54.6 Å². The molecule has 0 aromatic heterocycles. The molecule has 0 N–H and O–H groups in total. The van der Waals surface area contributed by atoms with Gasteiger partial charge in [0.15, 0.2) is 12.2 Å². The lowest BCUT2D eigenvalue weighted by Crippen LogP contribution is -2.50. The Morgan fingerprint density at radius 1 is 1.00 bits per heavy atom. The Bertz CT molecular complexity index is 896. The number of carbonyl (C=O) groups excluding carboxylic acids is 2. The normalized spacial score (nSPS) is 12.9. The van der Waals surface area contributed by atoms with Crippen molar-refractivity contribution >= 4 is 11.9 Å². The molecular formula is C24H28N2O4. The Morgan fingerprint density at radius 2 is 1.60 bits per heavy atom. The Labute approximate surface area is 178 Å². The zero-order valence-corrected chi connectivity index (χ0v) is 18.1. The van der Waals surface area contributed by atoms with Gasteiger partial charge in [0.05, 0.1) is 11.6 Å². The van der Waals surface area contributed by atoms with E-state index in [1.165, 1.54) is 0 Å². The van der Waals surface area contributed by atoms with Gasteiger partial charge in [-0.2, -0.15) is 5.26 Å². The van der Waals surface area contributed by atoms with Crippen molar-refractivity contribution in [1.29, 1.82) is 5.26 Å². The lowest BCUT2D eigenvalue weighted by Gasteiger charge is -2.37. The molecule has 2 rings (SSSR count). The van der Waals surface area contributed by atoms with Gasteiger partial charge in [-0.05, 0) is 64.4 Å². The molecule has 0 saturated carbocycles. The summed E-state index contributed by atoms with van der Waals surface area (Å²) in [4.78, 5) is 27.2. The zero-order chi connectivity index (χ0) is 22.3. The van der Waals surface area contributed by atoms with Crippen LogP contribution in [0.25, 0.3) is 0 Å². The zero-order valence-electron chi connectivity index (χ0n) is 18.1. The van der Waals surface area contributed by atoms with Crippen molar-refractivity contribution in [3.8, 4) is 11.8 Å². The average molecular weight is 408 g/mol. The van der Waals surface area contributed by atoms with E-state index in [1.807, 2.05) is 57.2 Å².